The van der Waals surface area contributed by atoms with Gasteiger partial charge in [-0.15, -0.1) is 0 Å². The first-order valence-corrected chi connectivity index (χ1v) is 6.99. The van der Waals surface area contributed by atoms with Crippen molar-refractivity contribution in [2.75, 3.05) is 6.61 Å². The van der Waals surface area contributed by atoms with E-state index in [9.17, 15) is 4.79 Å². The largest absolute Gasteiger partial charge is 0.484 e. The Hall–Kier alpha value is -1.88. The Morgan fingerprint density at radius 2 is 2.25 bits per heavy atom. The standard InChI is InChI=1S/C15H15BrN2O2/c1-11-7-13(4-5-14(11)16)20-10-15(19)18-9-12-3-2-6-17-8-12/h2-8H,9-10H2,1H3,(H,18,19). The van der Waals surface area contributed by atoms with Gasteiger partial charge in [-0.2, -0.15) is 0 Å². The molecule has 1 heterocycles. The third-order valence-electron chi connectivity index (χ3n) is 2.71. The molecule has 2 rings (SSSR count). The molecule has 0 atom stereocenters. The van der Waals surface area contributed by atoms with Crippen molar-refractivity contribution in [1.29, 1.82) is 0 Å². The van der Waals surface area contributed by atoms with Crippen LogP contribution in [-0.4, -0.2) is 17.5 Å². The summed E-state index contributed by atoms with van der Waals surface area (Å²) in [6, 6.07) is 9.36. The van der Waals surface area contributed by atoms with Gasteiger partial charge in [0, 0.05) is 23.4 Å². The molecule has 4 nitrogen and oxygen atoms in total. The lowest BCUT2D eigenvalue weighted by Crippen LogP contribution is -2.28. The lowest BCUT2D eigenvalue weighted by Gasteiger charge is -2.08. The summed E-state index contributed by atoms with van der Waals surface area (Å²) < 4.78 is 6.46. The molecule has 0 radical (unpaired) electrons. The highest BCUT2D eigenvalue weighted by Gasteiger charge is 2.04. The predicted octanol–water partition coefficient (Wildman–Crippen LogP) is 2.85. The molecule has 1 N–H and O–H groups in total. The van der Waals surface area contributed by atoms with Crippen LogP contribution in [0.5, 0.6) is 5.75 Å². The number of amides is 1. The van der Waals surface area contributed by atoms with E-state index in [2.05, 4.69) is 26.2 Å². The van der Waals surface area contributed by atoms with Crippen LogP contribution in [0.25, 0.3) is 0 Å². The zero-order valence-electron chi connectivity index (χ0n) is 11.1. The second-order valence-electron chi connectivity index (χ2n) is 4.34. The lowest BCUT2D eigenvalue weighted by atomic mass is 10.2. The van der Waals surface area contributed by atoms with Crippen molar-refractivity contribution in [1.82, 2.24) is 10.3 Å². The van der Waals surface area contributed by atoms with E-state index >= 15 is 0 Å². The highest BCUT2D eigenvalue weighted by molar-refractivity contribution is 9.10. The second-order valence-corrected chi connectivity index (χ2v) is 5.19. The monoisotopic (exact) mass is 334 g/mol. The van der Waals surface area contributed by atoms with Crippen LogP contribution in [0.2, 0.25) is 0 Å². The van der Waals surface area contributed by atoms with Crippen molar-refractivity contribution in [2.45, 2.75) is 13.5 Å². The highest BCUT2D eigenvalue weighted by atomic mass is 79.9. The Bertz CT molecular complexity index is 588. The van der Waals surface area contributed by atoms with Crippen LogP contribution in [0.3, 0.4) is 0 Å². The van der Waals surface area contributed by atoms with E-state index in [1.165, 1.54) is 0 Å². The Morgan fingerprint density at radius 1 is 1.40 bits per heavy atom. The number of aromatic nitrogens is 1. The first-order chi connectivity index (χ1) is 9.65. The number of hydrogen-bond donors (Lipinski definition) is 1. The molecular weight excluding hydrogens is 320 g/mol. The summed E-state index contributed by atoms with van der Waals surface area (Å²) in [5.74, 6) is 0.525. The zero-order chi connectivity index (χ0) is 14.4. The molecule has 0 spiro atoms. The van der Waals surface area contributed by atoms with Crippen LogP contribution < -0.4 is 10.1 Å². The van der Waals surface area contributed by atoms with E-state index < -0.39 is 0 Å². The Labute approximate surface area is 126 Å². The average Bonchev–Trinajstić information content (AvgIpc) is 2.47. The molecule has 104 valence electrons. The third kappa shape index (κ3) is 4.35. The number of ether oxygens (including phenoxy) is 1. The number of nitrogens with one attached hydrogen (secondary N) is 1. The van der Waals surface area contributed by atoms with Gasteiger partial charge in [0.25, 0.3) is 5.91 Å². The highest BCUT2D eigenvalue weighted by Crippen LogP contribution is 2.21. The van der Waals surface area contributed by atoms with Gasteiger partial charge >= 0.3 is 0 Å². The van der Waals surface area contributed by atoms with E-state index in [1.807, 2.05) is 37.3 Å². The molecule has 0 saturated carbocycles. The number of benzene rings is 1. The van der Waals surface area contributed by atoms with Crippen molar-refractivity contribution < 1.29 is 9.53 Å². The van der Waals surface area contributed by atoms with E-state index in [1.54, 1.807) is 12.4 Å². The maximum absolute atomic E-state index is 11.7. The number of rotatable bonds is 5. The number of nitrogens with zero attached hydrogens (tertiary/aromatic N) is 1. The van der Waals surface area contributed by atoms with Crippen LogP contribution in [0.15, 0.2) is 47.2 Å². The lowest BCUT2D eigenvalue weighted by molar-refractivity contribution is -0.123. The molecular formula is C15H15BrN2O2. The summed E-state index contributed by atoms with van der Waals surface area (Å²) >= 11 is 3.42. The zero-order valence-corrected chi connectivity index (χ0v) is 12.7. The minimum Gasteiger partial charge on any atom is -0.484 e. The van der Waals surface area contributed by atoms with Crippen molar-refractivity contribution in [3.8, 4) is 5.75 Å². The van der Waals surface area contributed by atoms with Gasteiger partial charge in [0.05, 0.1) is 0 Å². The topological polar surface area (TPSA) is 51.2 Å². The Morgan fingerprint density at radius 3 is 2.95 bits per heavy atom. The summed E-state index contributed by atoms with van der Waals surface area (Å²) in [5, 5.41) is 2.78. The van der Waals surface area contributed by atoms with Gasteiger partial charge in [-0.05, 0) is 42.3 Å². The molecule has 1 aromatic heterocycles. The summed E-state index contributed by atoms with van der Waals surface area (Å²) in [7, 11) is 0. The van der Waals surface area contributed by atoms with Gasteiger partial charge < -0.3 is 10.1 Å². The summed E-state index contributed by atoms with van der Waals surface area (Å²) in [6.07, 6.45) is 3.42. The predicted molar refractivity (Wildman–Crippen MR) is 80.5 cm³/mol. The fraction of sp³-hybridized carbons (Fsp3) is 0.200. The van der Waals surface area contributed by atoms with Gasteiger partial charge in [-0.25, -0.2) is 0 Å². The minimum absolute atomic E-state index is 0.00132. The fourth-order valence-corrected chi connectivity index (χ4v) is 1.86. The maximum atomic E-state index is 11.7. The van der Waals surface area contributed by atoms with E-state index in [-0.39, 0.29) is 12.5 Å². The number of pyridine rings is 1. The van der Waals surface area contributed by atoms with E-state index in [0.29, 0.717) is 12.3 Å². The fourth-order valence-electron chi connectivity index (χ4n) is 1.61. The summed E-state index contributed by atoms with van der Waals surface area (Å²) in [5.41, 5.74) is 2.03. The SMILES string of the molecule is Cc1cc(OCC(=O)NCc2cccnc2)ccc1Br. The molecule has 0 unspecified atom stereocenters. The smallest absolute Gasteiger partial charge is 0.258 e. The van der Waals surface area contributed by atoms with E-state index in [0.717, 1.165) is 15.6 Å². The molecule has 0 aliphatic rings. The number of aryl methyl sites for hydroxylation is 1. The number of halogens is 1. The van der Waals surface area contributed by atoms with Gasteiger partial charge in [0.1, 0.15) is 5.75 Å². The molecule has 0 saturated heterocycles. The van der Waals surface area contributed by atoms with Crippen molar-refractivity contribution in [2.24, 2.45) is 0 Å². The average molecular weight is 335 g/mol. The van der Waals surface area contributed by atoms with Crippen LogP contribution in [0.4, 0.5) is 0 Å². The Balaban J connectivity index is 1.79. The maximum Gasteiger partial charge on any atom is 0.258 e. The van der Waals surface area contributed by atoms with Crippen molar-refractivity contribution in [3.05, 3.63) is 58.3 Å². The molecule has 2 aromatic rings. The molecule has 0 fully saturated rings. The quantitative estimate of drug-likeness (QED) is 0.914. The molecule has 1 amide bonds. The molecule has 0 aliphatic heterocycles. The molecule has 5 heteroatoms. The summed E-state index contributed by atoms with van der Waals surface area (Å²) in [6.45, 7) is 2.43. The molecule has 0 aliphatic carbocycles. The second kappa shape index (κ2) is 7.05. The number of hydrogen-bond acceptors (Lipinski definition) is 3. The van der Waals surface area contributed by atoms with Gasteiger partial charge in [0.2, 0.25) is 0 Å². The summed E-state index contributed by atoms with van der Waals surface area (Å²) in [4.78, 5) is 15.7. The van der Waals surface area contributed by atoms with Crippen LogP contribution in [-0.2, 0) is 11.3 Å². The Kier molecular flexibility index (Phi) is 5.12. The first-order valence-electron chi connectivity index (χ1n) is 6.20. The third-order valence-corrected chi connectivity index (χ3v) is 3.60. The van der Waals surface area contributed by atoms with E-state index in [4.69, 9.17) is 4.74 Å². The molecule has 0 bridgehead atoms. The molecule has 1 aromatic carbocycles. The first kappa shape index (κ1) is 14.5. The van der Waals surface area contributed by atoms with Crippen molar-refractivity contribution in [3.63, 3.8) is 0 Å². The molecule has 20 heavy (non-hydrogen) atoms. The normalized spacial score (nSPS) is 10.1. The van der Waals surface area contributed by atoms with Gasteiger partial charge in [-0.3, -0.25) is 9.78 Å². The van der Waals surface area contributed by atoms with Gasteiger partial charge in [-0.1, -0.05) is 22.0 Å². The number of carbonyl (C=O) groups excluding carboxylic acids is 1. The van der Waals surface area contributed by atoms with Crippen molar-refractivity contribution >= 4 is 21.8 Å². The van der Waals surface area contributed by atoms with Crippen LogP contribution in [0, 0.1) is 6.92 Å². The minimum atomic E-state index is -0.158. The van der Waals surface area contributed by atoms with Gasteiger partial charge in [0.15, 0.2) is 6.61 Å². The van der Waals surface area contributed by atoms with Crippen LogP contribution in [0.1, 0.15) is 11.1 Å². The van der Waals surface area contributed by atoms with Crippen LogP contribution >= 0.6 is 15.9 Å². The number of carbonyl (C=O) groups is 1.